The van der Waals surface area contributed by atoms with E-state index < -0.39 is 12.3 Å². The van der Waals surface area contributed by atoms with E-state index in [1.807, 2.05) is 13.0 Å². The Hall–Kier alpha value is -1.19. The van der Waals surface area contributed by atoms with Crippen LogP contribution in [-0.4, -0.2) is 30.1 Å². The lowest BCUT2D eigenvalue weighted by molar-refractivity contribution is -0.0254. The van der Waals surface area contributed by atoms with Crippen LogP contribution < -0.4 is 0 Å². The molecule has 0 saturated heterocycles. The van der Waals surface area contributed by atoms with Crippen molar-refractivity contribution in [2.45, 2.75) is 91.5 Å². The molecular formula is C24H39FO2. The lowest BCUT2D eigenvalue weighted by Crippen LogP contribution is -2.40. The summed E-state index contributed by atoms with van der Waals surface area (Å²) < 4.78 is 20.3. The van der Waals surface area contributed by atoms with Crippen LogP contribution >= 0.6 is 0 Å². The van der Waals surface area contributed by atoms with Gasteiger partial charge in [-0.15, -0.1) is 0 Å². The molecule has 1 aliphatic carbocycles. The predicted octanol–water partition coefficient (Wildman–Crippen LogP) is 6.48. The van der Waals surface area contributed by atoms with Gasteiger partial charge in [-0.2, -0.15) is 0 Å². The fourth-order valence-corrected chi connectivity index (χ4v) is 3.28. The zero-order valence-corrected chi connectivity index (χ0v) is 17.9. The second-order valence-corrected chi connectivity index (χ2v) is 8.01. The van der Waals surface area contributed by atoms with Crippen molar-refractivity contribution < 1.29 is 14.2 Å². The highest BCUT2D eigenvalue weighted by molar-refractivity contribution is 5.11. The molecule has 4 atom stereocenters. The summed E-state index contributed by atoms with van der Waals surface area (Å²) in [6.07, 6.45) is 13.3. The summed E-state index contributed by atoms with van der Waals surface area (Å²) in [4.78, 5) is 0. The minimum absolute atomic E-state index is 0.246. The molecule has 27 heavy (non-hydrogen) atoms. The molecule has 0 aromatic heterocycles. The van der Waals surface area contributed by atoms with Crippen LogP contribution in [0.15, 0.2) is 47.1 Å². The van der Waals surface area contributed by atoms with Gasteiger partial charge in [0.05, 0.1) is 6.10 Å². The summed E-state index contributed by atoms with van der Waals surface area (Å²) in [5.41, 5.74) is 4.07. The van der Waals surface area contributed by atoms with Crippen molar-refractivity contribution in [3.8, 4) is 0 Å². The molecule has 2 nitrogen and oxygen atoms in total. The normalized spacial score (nSPS) is 26.3. The highest BCUT2D eigenvalue weighted by Crippen LogP contribution is 2.29. The number of aliphatic hydroxyl groups is 1. The number of ether oxygens (including phenoxy) is 1. The van der Waals surface area contributed by atoms with Crippen LogP contribution in [0.5, 0.6) is 0 Å². The maximum absolute atomic E-state index is 14.5. The van der Waals surface area contributed by atoms with Crippen molar-refractivity contribution in [3.63, 3.8) is 0 Å². The van der Waals surface area contributed by atoms with E-state index in [9.17, 15) is 9.50 Å². The first-order chi connectivity index (χ1) is 12.8. The number of halogens is 1. The molecule has 0 saturated carbocycles. The molecule has 154 valence electrons. The summed E-state index contributed by atoms with van der Waals surface area (Å²) in [7, 11) is 0. The SMILES string of the molecule is CCCOC1C=CC(O)C(F)C1C/C=C(\C)CC/C=C(\C)CCC=C(C)C. The minimum Gasteiger partial charge on any atom is -0.386 e. The first kappa shape index (κ1) is 23.8. The van der Waals surface area contributed by atoms with Gasteiger partial charge < -0.3 is 9.84 Å². The first-order valence-electron chi connectivity index (χ1n) is 10.4. The Morgan fingerprint density at radius 3 is 2.26 bits per heavy atom. The third-order valence-electron chi connectivity index (χ3n) is 5.03. The molecule has 0 spiro atoms. The van der Waals surface area contributed by atoms with Gasteiger partial charge in [0, 0.05) is 12.5 Å². The average Bonchev–Trinajstić information content (AvgIpc) is 2.61. The van der Waals surface area contributed by atoms with E-state index in [1.54, 1.807) is 0 Å². The van der Waals surface area contributed by atoms with Crippen LogP contribution in [0, 0.1) is 5.92 Å². The zero-order chi connectivity index (χ0) is 20.2. The summed E-state index contributed by atoms with van der Waals surface area (Å²) in [6.45, 7) is 11.2. The summed E-state index contributed by atoms with van der Waals surface area (Å²) in [6, 6.07) is 0. The Bertz CT molecular complexity index is 541. The topological polar surface area (TPSA) is 29.5 Å². The smallest absolute Gasteiger partial charge is 0.135 e. The highest BCUT2D eigenvalue weighted by Gasteiger charge is 2.35. The van der Waals surface area contributed by atoms with Crippen LogP contribution in [0.25, 0.3) is 0 Å². The van der Waals surface area contributed by atoms with Gasteiger partial charge in [-0.3, -0.25) is 0 Å². The van der Waals surface area contributed by atoms with Crippen LogP contribution in [0.1, 0.15) is 73.1 Å². The van der Waals surface area contributed by atoms with Gasteiger partial charge in [-0.25, -0.2) is 4.39 Å². The van der Waals surface area contributed by atoms with E-state index >= 15 is 0 Å². The third-order valence-corrected chi connectivity index (χ3v) is 5.03. The summed E-state index contributed by atoms with van der Waals surface area (Å²) >= 11 is 0. The van der Waals surface area contributed by atoms with Gasteiger partial charge in [-0.1, -0.05) is 54.0 Å². The monoisotopic (exact) mass is 378 g/mol. The summed E-state index contributed by atoms with van der Waals surface area (Å²) in [5, 5.41) is 9.81. The number of alkyl halides is 1. The van der Waals surface area contributed by atoms with Crippen LogP contribution in [0.4, 0.5) is 4.39 Å². The second-order valence-electron chi connectivity index (χ2n) is 8.01. The lowest BCUT2D eigenvalue weighted by atomic mass is 9.84. The summed E-state index contributed by atoms with van der Waals surface area (Å²) in [5.74, 6) is -0.312. The largest absolute Gasteiger partial charge is 0.386 e. The predicted molar refractivity (Wildman–Crippen MR) is 114 cm³/mol. The standard InChI is InChI=1S/C24H39FO2/c1-6-17-27-23-16-15-22(26)24(25)21(23)14-13-20(5)12-8-11-19(4)10-7-9-18(2)3/h9,11,13,15-16,21-24,26H,6-8,10,12,14,17H2,1-5H3/b19-11+,20-13+. The van der Waals surface area contributed by atoms with E-state index in [2.05, 4.69) is 45.9 Å². The Balaban J connectivity index is 2.50. The van der Waals surface area contributed by atoms with Gasteiger partial charge in [-0.05, 0) is 66.2 Å². The van der Waals surface area contributed by atoms with Gasteiger partial charge in [0.2, 0.25) is 0 Å². The molecular weight excluding hydrogens is 339 g/mol. The third kappa shape index (κ3) is 9.53. The van der Waals surface area contributed by atoms with Crippen LogP contribution in [0.3, 0.4) is 0 Å². The molecule has 0 aromatic rings. The number of allylic oxidation sites excluding steroid dienone is 6. The first-order valence-corrected chi connectivity index (χ1v) is 10.4. The van der Waals surface area contributed by atoms with Gasteiger partial charge >= 0.3 is 0 Å². The Morgan fingerprint density at radius 1 is 1.00 bits per heavy atom. The minimum atomic E-state index is -1.27. The fraction of sp³-hybridized carbons (Fsp3) is 0.667. The second kappa shape index (κ2) is 13.1. The van der Waals surface area contributed by atoms with Crippen molar-refractivity contribution >= 4 is 0 Å². The number of aliphatic hydroxyl groups excluding tert-OH is 1. The molecule has 0 radical (unpaired) electrons. The molecule has 0 heterocycles. The van der Waals surface area contributed by atoms with Crippen molar-refractivity contribution in [3.05, 3.63) is 47.1 Å². The number of hydrogen-bond acceptors (Lipinski definition) is 2. The Kier molecular flexibility index (Phi) is 11.5. The molecule has 3 heteroatoms. The van der Waals surface area contributed by atoms with E-state index in [-0.39, 0.29) is 12.0 Å². The van der Waals surface area contributed by atoms with Crippen molar-refractivity contribution in [2.75, 3.05) is 6.61 Å². The van der Waals surface area contributed by atoms with Crippen molar-refractivity contribution in [1.82, 2.24) is 0 Å². The van der Waals surface area contributed by atoms with E-state index in [0.717, 1.165) is 32.1 Å². The maximum Gasteiger partial charge on any atom is 0.135 e. The van der Waals surface area contributed by atoms with E-state index in [0.29, 0.717) is 13.0 Å². The molecule has 1 aliphatic rings. The number of rotatable bonds is 11. The lowest BCUT2D eigenvalue weighted by Gasteiger charge is -2.32. The molecule has 0 amide bonds. The molecule has 1 N–H and O–H groups in total. The van der Waals surface area contributed by atoms with E-state index in [1.165, 1.54) is 22.8 Å². The Labute approximate surface area is 165 Å². The van der Waals surface area contributed by atoms with E-state index in [4.69, 9.17) is 4.74 Å². The van der Waals surface area contributed by atoms with Crippen molar-refractivity contribution in [2.24, 2.45) is 5.92 Å². The van der Waals surface area contributed by atoms with Gasteiger partial charge in [0.15, 0.2) is 0 Å². The molecule has 4 unspecified atom stereocenters. The number of hydrogen-bond donors (Lipinski definition) is 1. The fourth-order valence-electron chi connectivity index (χ4n) is 3.28. The Morgan fingerprint density at radius 2 is 1.63 bits per heavy atom. The molecule has 0 fully saturated rings. The maximum atomic E-state index is 14.5. The molecule has 0 bridgehead atoms. The molecule has 0 aromatic carbocycles. The van der Waals surface area contributed by atoms with Crippen LogP contribution in [0.2, 0.25) is 0 Å². The van der Waals surface area contributed by atoms with Crippen LogP contribution in [-0.2, 0) is 4.74 Å². The highest BCUT2D eigenvalue weighted by atomic mass is 19.1. The van der Waals surface area contributed by atoms with Crippen molar-refractivity contribution in [1.29, 1.82) is 0 Å². The van der Waals surface area contributed by atoms with Gasteiger partial charge in [0.1, 0.15) is 12.3 Å². The quantitative estimate of drug-likeness (QED) is 0.417. The molecule has 0 aliphatic heterocycles. The van der Waals surface area contributed by atoms with Gasteiger partial charge in [0.25, 0.3) is 0 Å². The zero-order valence-electron chi connectivity index (χ0n) is 17.9. The average molecular weight is 379 g/mol. The molecule has 1 rings (SSSR count).